The third-order valence-electron chi connectivity index (χ3n) is 3.60. The maximum absolute atomic E-state index is 14.3. The minimum atomic E-state index is -3.04. The standard InChI is InChI=1S/C17H19F2NO4S/c1-11-12(13-4-6-15(18)14(10-21)17(13)19)5-7-16(20-11)24-8-3-9-25(2,22)23/h4-7,21H,3,8-10H2,1-2H3. The molecule has 0 fully saturated rings. The maximum Gasteiger partial charge on any atom is 0.213 e. The number of hydrogen-bond donors (Lipinski definition) is 1. The van der Waals surface area contributed by atoms with Gasteiger partial charge in [-0.15, -0.1) is 0 Å². The van der Waals surface area contributed by atoms with Gasteiger partial charge < -0.3 is 9.84 Å². The summed E-state index contributed by atoms with van der Waals surface area (Å²) < 4.78 is 55.3. The summed E-state index contributed by atoms with van der Waals surface area (Å²) in [7, 11) is -3.04. The van der Waals surface area contributed by atoms with E-state index in [2.05, 4.69) is 4.98 Å². The summed E-state index contributed by atoms with van der Waals surface area (Å²) in [5.74, 6) is -1.32. The van der Waals surface area contributed by atoms with E-state index in [1.54, 1.807) is 13.0 Å². The van der Waals surface area contributed by atoms with Crippen molar-refractivity contribution in [3.63, 3.8) is 0 Å². The van der Waals surface area contributed by atoms with Crippen molar-refractivity contribution in [3.05, 3.63) is 47.2 Å². The Morgan fingerprint density at radius 1 is 1.16 bits per heavy atom. The molecule has 0 radical (unpaired) electrons. The van der Waals surface area contributed by atoms with E-state index >= 15 is 0 Å². The number of rotatable bonds is 7. The topological polar surface area (TPSA) is 76.5 Å². The van der Waals surface area contributed by atoms with E-state index in [1.807, 2.05) is 0 Å². The Hall–Kier alpha value is -2.06. The lowest BCUT2D eigenvalue weighted by Gasteiger charge is -2.12. The lowest BCUT2D eigenvalue weighted by molar-refractivity contribution is 0.269. The number of aromatic nitrogens is 1. The predicted octanol–water partition coefficient (Wildman–Crippen LogP) is 2.64. The second-order valence-electron chi connectivity index (χ2n) is 5.66. The number of sulfone groups is 1. The average Bonchev–Trinajstić information content (AvgIpc) is 2.52. The van der Waals surface area contributed by atoms with Gasteiger partial charge in [-0.05, 0) is 31.5 Å². The highest BCUT2D eigenvalue weighted by Crippen LogP contribution is 2.29. The molecule has 0 saturated heterocycles. The van der Waals surface area contributed by atoms with Crippen molar-refractivity contribution in [2.24, 2.45) is 0 Å². The zero-order valence-corrected chi connectivity index (χ0v) is 14.7. The van der Waals surface area contributed by atoms with Crippen LogP contribution in [-0.2, 0) is 16.4 Å². The van der Waals surface area contributed by atoms with Gasteiger partial charge >= 0.3 is 0 Å². The summed E-state index contributed by atoms with van der Waals surface area (Å²) in [6, 6.07) is 5.51. The summed E-state index contributed by atoms with van der Waals surface area (Å²) in [5, 5.41) is 9.10. The summed E-state index contributed by atoms with van der Waals surface area (Å²) >= 11 is 0. The fourth-order valence-electron chi connectivity index (χ4n) is 2.35. The Kier molecular flexibility index (Phi) is 6.07. The van der Waals surface area contributed by atoms with Crippen LogP contribution in [0, 0.1) is 18.6 Å². The van der Waals surface area contributed by atoms with Crippen LogP contribution in [0.4, 0.5) is 8.78 Å². The van der Waals surface area contributed by atoms with Gasteiger partial charge in [-0.1, -0.05) is 0 Å². The van der Waals surface area contributed by atoms with Gasteiger partial charge in [-0.2, -0.15) is 0 Å². The number of nitrogens with zero attached hydrogens (tertiary/aromatic N) is 1. The van der Waals surface area contributed by atoms with E-state index in [-0.39, 0.29) is 17.9 Å². The van der Waals surface area contributed by atoms with Gasteiger partial charge in [0, 0.05) is 34.7 Å². The van der Waals surface area contributed by atoms with E-state index in [4.69, 9.17) is 9.84 Å². The molecule has 0 bridgehead atoms. The highest BCUT2D eigenvalue weighted by molar-refractivity contribution is 7.90. The first-order valence-corrected chi connectivity index (χ1v) is 9.65. The predicted molar refractivity (Wildman–Crippen MR) is 90.1 cm³/mol. The number of hydrogen-bond acceptors (Lipinski definition) is 5. The lowest BCUT2D eigenvalue weighted by Crippen LogP contribution is -2.08. The molecule has 0 spiro atoms. The van der Waals surface area contributed by atoms with E-state index in [1.165, 1.54) is 12.1 Å². The molecule has 25 heavy (non-hydrogen) atoms. The van der Waals surface area contributed by atoms with Crippen LogP contribution < -0.4 is 4.74 Å². The maximum atomic E-state index is 14.3. The normalized spacial score (nSPS) is 11.6. The first-order chi connectivity index (χ1) is 11.7. The van der Waals surface area contributed by atoms with Crippen LogP contribution >= 0.6 is 0 Å². The van der Waals surface area contributed by atoms with Crippen molar-refractivity contribution in [1.29, 1.82) is 0 Å². The quantitative estimate of drug-likeness (QED) is 0.757. The minimum absolute atomic E-state index is 0.0226. The van der Waals surface area contributed by atoms with Gasteiger partial charge in [0.05, 0.1) is 19.0 Å². The number of ether oxygens (including phenoxy) is 1. The number of aliphatic hydroxyl groups excluding tert-OH is 1. The molecule has 1 heterocycles. The van der Waals surface area contributed by atoms with Crippen molar-refractivity contribution < 1.29 is 27.0 Å². The first-order valence-electron chi connectivity index (χ1n) is 7.59. The SMILES string of the molecule is Cc1nc(OCCCS(C)(=O)=O)ccc1-c1ccc(F)c(CO)c1F. The third-order valence-corrected chi connectivity index (χ3v) is 4.63. The molecule has 0 amide bonds. The van der Waals surface area contributed by atoms with Crippen molar-refractivity contribution in [3.8, 4) is 17.0 Å². The smallest absolute Gasteiger partial charge is 0.213 e. The number of aryl methyl sites for hydroxylation is 1. The van der Waals surface area contributed by atoms with Crippen LogP contribution in [0.2, 0.25) is 0 Å². The summed E-state index contributed by atoms with van der Waals surface area (Å²) in [4.78, 5) is 4.21. The van der Waals surface area contributed by atoms with Crippen molar-refractivity contribution in [1.82, 2.24) is 4.98 Å². The second-order valence-corrected chi connectivity index (χ2v) is 7.92. The van der Waals surface area contributed by atoms with Crippen LogP contribution in [-0.4, -0.2) is 37.1 Å². The number of benzene rings is 1. The Morgan fingerprint density at radius 3 is 2.44 bits per heavy atom. The van der Waals surface area contributed by atoms with Crippen molar-refractivity contribution in [2.45, 2.75) is 20.0 Å². The van der Waals surface area contributed by atoms with Gasteiger partial charge in [0.2, 0.25) is 5.88 Å². The molecular formula is C17H19F2NO4S. The molecule has 0 aliphatic carbocycles. The van der Waals surface area contributed by atoms with Crippen molar-refractivity contribution >= 4 is 9.84 Å². The highest BCUT2D eigenvalue weighted by Gasteiger charge is 2.16. The zero-order chi connectivity index (χ0) is 18.6. The third kappa shape index (κ3) is 4.96. The van der Waals surface area contributed by atoms with Crippen LogP contribution in [0.1, 0.15) is 17.7 Å². The molecule has 0 unspecified atom stereocenters. The number of aliphatic hydroxyl groups is 1. The molecular weight excluding hydrogens is 352 g/mol. The molecule has 1 N–H and O–H groups in total. The van der Waals surface area contributed by atoms with Crippen molar-refractivity contribution in [2.75, 3.05) is 18.6 Å². The molecule has 136 valence electrons. The van der Waals surface area contributed by atoms with E-state index < -0.39 is 33.6 Å². The molecule has 0 atom stereocenters. The Balaban J connectivity index is 2.17. The second kappa shape index (κ2) is 7.88. The Bertz CT molecular complexity index is 869. The first kappa shape index (κ1) is 19.3. The fraction of sp³-hybridized carbons (Fsp3) is 0.353. The Labute approximate surface area is 145 Å². The average molecular weight is 371 g/mol. The molecule has 2 rings (SSSR count). The monoisotopic (exact) mass is 371 g/mol. The zero-order valence-electron chi connectivity index (χ0n) is 13.9. The summed E-state index contributed by atoms with van der Waals surface area (Å²) in [6.07, 6.45) is 1.50. The largest absolute Gasteiger partial charge is 0.478 e. The van der Waals surface area contributed by atoms with Crippen LogP contribution in [0.15, 0.2) is 24.3 Å². The molecule has 5 nitrogen and oxygen atoms in total. The molecule has 1 aromatic carbocycles. The lowest BCUT2D eigenvalue weighted by atomic mass is 10.0. The van der Waals surface area contributed by atoms with E-state index in [0.29, 0.717) is 23.6 Å². The molecule has 0 aliphatic heterocycles. The Morgan fingerprint density at radius 2 is 1.84 bits per heavy atom. The van der Waals surface area contributed by atoms with Crippen LogP contribution in [0.5, 0.6) is 5.88 Å². The highest BCUT2D eigenvalue weighted by atomic mass is 32.2. The van der Waals surface area contributed by atoms with E-state index in [9.17, 15) is 17.2 Å². The number of halogens is 2. The fourth-order valence-corrected chi connectivity index (χ4v) is 2.99. The van der Waals surface area contributed by atoms with Gasteiger partial charge in [0.25, 0.3) is 0 Å². The summed E-state index contributed by atoms with van der Waals surface area (Å²) in [5.41, 5.74) is 0.669. The van der Waals surface area contributed by atoms with Crippen LogP contribution in [0.25, 0.3) is 11.1 Å². The molecule has 0 saturated carbocycles. The number of pyridine rings is 1. The molecule has 1 aromatic heterocycles. The van der Waals surface area contributed by atoms with Gasteiger partial charge in [0.1, 0.15) is 21.5 Å². The van der Waals surface area contributed by atoms with Gasteiger partial charge in [-0.25, -0.2) is 22.2 Å². The minimum Gasteiger partial charge on any atom is -0.478 e. The summed E-state index contributed by atoms with van der Waals surface area (Å²) in [6.45, 7) is 1.11. The van der Waals surface area contributed by atoms with E-state index in [0.717, 1.165) is 12.3 Å². The van der Waals surface area contributed by atoms with Gasteiger partial charge in [-0.3, -0.25) is 0 Å². The van der Waals surface area contributed by atoms with Gasteiger partial charge in [0.15, 0.2) is 0 Å². The van der Waals surface area contributed by atoms with Crippen LogP contribution in [0.3, 0.4) is 0 Å². The molecule has 8 heteroatoms. The molecule has 2 aromatic rings. The molecule has 0 aliphatic rings.